The number of benzene rings is 1. The largest absolute Gasteiger partial charge is 0.433 e. The molecule has 0 spiro atoms. The van der Waals surface area contributed by atoms with E-state index in [0.717, 1.165) is 17.2 Å². The minimum Gasteiger partial charge on any atom is -0.395 e. The predicted molar refractivity (Wildman–Crippen MR) is 98.7 cm³/mol. The zero-order valence-corrected chi connectivity index (χ0v) is 14.2. The Kier molecular flexibility index (Phi) is 3.92. The van der Waals surface area contributed by atoms with Gasteiger partial charge >= 0.3 is 5.88 Å². The van der Waals surface area contributed by atoms with Crippen LogP contribution in [0.25, 0.3) is 16.9 Å². The molecule has 0 bridgehead atoms. The van der Waals surface area contributed by atoms with Gasteiger partial charge < -0.3 is 9.73 Å². The molecule has 0 aliphatic rings. The minimum absolute atomic E-state index is 0.150. The number of rotatable bonds is 4. The molecule has 134 valence electrons. The molecular formula is C19H14N4O4. The van der Waals surface area contributed by atoms with Crippen molar-refractivity contribution < 1.29 is 14.1 Å². The van der Waals surface area contributed by atoms with E-state index in [1.165, 1.54) is 6.07 Å². The van der Waals surface area contributed by atoms with E-state index in [1.54, 1.807) is 10.6 Å². The van der Waals surface area contributed by atoms with E-state index in [9.17, 15) is 14.9 Å². The smallest absolute Gasteiger partial charge is 0.395 e. The summed E-state index contributed by atoms with van der Waals surface area (Å²) in [6, 6.07) is 15.6. The number of aromatic nitrogens is 2. The Balaban J connectivity index is 1.81. The zero-order chi connectivity index (χ0) is 19.0. The molecule has 4 rings (SSSR count). The fourth-order valence-electron chi connectivity index (χ4n) is 2.84. The molecule has 0 atom stereocenters. The van der Waals surface area contributed by atoms with Crippen molar-refractivity contribution in [3.05, 3.63) is 82.2 Å². The molecule has 3 aromatic heterocycles. The number of aryl methyl sites for hydroxylation is 1. The number of nitrogens with zero attached hydrogens (tertiary/aromatic N) is 3. The number of hydrogen-bond acceptors (Lipinski definition) is 5. The van der Waals surface area contributed by atoms with Crippen LogP contribution < -0.4 is 5.32 Å². The van der Waals surface area contributed by atoms with Crippen LogP contribution in [0.3, 0.4) is 0 Å². The average Bonchev–Trinajstić information content (AvgIpc) is 3.29. The number of fused-ring (bicyclic) bond motifs is 1. The first-order chi connectivity index (χ1) is 13.0. The van der Waals surface area contributed by atoms with Gasteiger partial charge in [-0.25, -0.2) is 4.98 Å². The third-order valence-corrected chi connectivity index (χ3v) is 4.12. The first-order valence-electron chi connectivity index (χ1n) is 8.13. The van der Waals surface area contributed by atoms with Gasteiger partial charge in [-0.05, 0) is 24.6 Å². The lowest BCUT2D eigenvalue weighted by molar-refractivity contribution is -0.402. The Hall–Kier alpha value is -3.94. The fraction of sp³-hybridized carbons (Fsp3) is 0.0526. The quantitative estimate of drug-likeness (QED) is 0.435. The summed E-state index contributed by atoms with van der Waals surface area (Å²) in [7, 11) is 0. The number of anilines is 1. The first kappa shape index (κ1) is 16.5. The monoisotopic (exact) mass is 362 g/mol. The molecule has 0 radical (unpaired) electrons. The normalized spacial score (nSPS) is 10.9. The number of nitrogens with one attached hydrogen (secondary N) is 1. The summed E-state index contributed by atoms with van der Waals surface area (Å²) < 4.78 is 6.77. The Bertz CT molecular complexity index is 1160. The number of carbonyl (C=O) groups is 1. The van der Waals surface area contributed by atoms with Gasteiger partial charge in [0.1, 0.15) is 22.1 Å². The summed E-state index contributed by atoms with van der Waals surface area (Å²) in [4.78, 5) is 27.3. The molecule has 0 aliphatic carbocycles. The van der Waals surface area contributed by atoms with Gasteiger partial charge in [0, 0.05) is 11.8 Å². The van der Waals surface area contributed by atoms with Gasteiger partial charge in [-0.1, -0.05) is 36.4 Å². The van der Waals surface area contributed by atoms with Gasteiger partial charge in [-0.3, -0.25) is 19.3 Å². The SMILES string of the molecule is Cc1cccn2c(NC(=O)c3ccc([N+](=O)[O-])o3)c(-c3ccccc3)nc12. The molecule has 8 nitrogen and oxygen atoms in total. The molecule has 0 aliphatic heterocycles. The van der Waals surface area contributed by atoms with E-state index in [2.05, 4.69) is 10.3 Å². The van der Waals surface area contributed by atoms with Gasteiger partial charge in [0.15, 0.2) is 5.76 Å². The van der Waals surface area contributed by atoms with Crippen LogP contribution in [0.4, 0.5) is 11.7 Å². The van der Waals surface area contributed by atoms with Gasteiger partial charge in [0.25, 0.3) is 5.91 Å². The van der Waals surface area contributed by atoms with E-state index in [1.807, 2.05) is 49.4 Å². The fourth-order valence-corrected chi connectivity index (χ4v) is 2.84. The summed E-state index contributed by atoms with van der Waals surface area (Å²) in [6.07, 6.45) is 1.79. The molecule has 1 amide bonds. The molecule has 0 unspecified atom stereocenters. The predicted octanol–water partition coefficient (Wildman–Crippen LogP) is 4.06. The van der Waals surface area contributed by atoms with Crippen LogP contribution in [0, 0.1) is 17.0 Å². The van der Waals surface area contributed by atoms with E-state index >= 15 is 0 Å². The van der Waals surface area contributed by atoms with E-state index in [0.29, 0.717) is 17.2 Å². The molecule has 4 aromatic rings. The molecule has 8 heteroatoms. The maximum absolute atomic E-state index is 12.6. The number of nitro groups is 1. The number of carbonyl (C=O) groups excluding carboxylic acids is 1. The topological polar surface area (TPSA) is 103 Å². The lowest BCUT2D eigenvalue weighted by atomic mass is 10.1. The van der Waals surface area contributed by atoms with Crippen molar-refractivity contribution in [1.29, 1.82) is 0 Å². The van der Waals surface area contributed by atoms with Crippen LogP contribution in [-0.4, -0.2) is 20.2 Å². The summed E-state index contributed by atoms with van der Waals surface area (Å²) in [5.74, 6) is -0.770. The van der Waals surface area contributed by atoms with Crippen molar-refractivity contribution in [2.24, 2.45) is 0 Å². The van der Waals surface area contributed by atoms with E-state index < -0.39 is 16.7 Å². The first-order valence-corrected chi connectivity index (χ1v) is 8.13. The summed E-state index contributed by atoms with van der Waals surface area (Å²) in [5, 5.41) is 13.5. The van der Waals surface area contributed by atoms with E-state index in [-0.39, 0.29) is 5.76 Å². The maximum atomic E-state index is 12.6. The van der Waals surface area contributed by atoms with Crippen LogP contribution in [0.1, 0.15) is 16.1 Å². The van der Waals surface area contributed by atoms with Crippen molar-refractivity contribution in [2.75, 3.05) is 5.32 Å². The van der Waals surface area contributed by atoms with Crippen LogP contribution in [0.15, 0.2) is 65.2 Å². The Morgan fingerprint density at radius 2 is 1.93 bits per heavy atom. The average molecular weight is 362 g/mol. The summed E-state index contributed by atoms with van der Waals surface area (Å²) >= 11 is 0. The van der Waals surface area contributed by atoms with Crippen LogP contribution in [-0.2, 0) is 0 Å². The molecule has 27 heavy (non-hydrogen) atoms. The van der Waals surface area contributed by atoms with Crippen LogP contribution in [0.5, 0.6) is 0 Å². The van der Waals surface area contributed by atoms with Crippen LogP contribution >= 0.6 is 0 Å². The Labute approximate surface area is 153 Å². The highest BCUT2D eigenvalue weighted by atomic mass is 16.6. The summed E-state index contributed by atoms with van der Waals surface area (Å²) in [5.41, 5.74) is 3.08. The number of furan rings is 1. The highest BCUT2D eigenvalue weighted by Crippen LogP contribution is 2.30. The van der Waals surface area contributed by atoms with Crippen molar-refractivity contribution >= 4 is 23.3 Å². The second kappa shape index (κ2) is 6.41. The Morgan fingerprint density at radius 1 is 1.15 bits per heavy atom. The lowest BCUT2D eigenvalue weighted by Gasteiger charge is -2.06. The minimum atomic E-state index is -0.691. The standard InChI is InChI=1S/C19H14N4O4/c1-12-6-5-11-22-17(12)20-16(13-7-3-2-4-8-13)18(22)21-19(24)14-9-10-15(27-14)23(25)26/h2-11H,1H3,(H,21,24). The number of amides is 1. The van der Waals surface area contributed by atoms with Crippen molar-refractivity contribution in [3.63, 3.8) is 0 Å². The van der Waals surface area contributed by atoms with Crippen LogP contribution in [0.2, 0.25) is 0 Å². The van der Waals surface area contributed by atoms with Gasteiger partial charge in [-0.15, -0.1) is 0 Å². The molecule has 1 aromatic carbocycles. The Morgan fingerprint density at radius 3 is 2.63 bits per heavy atom. The van der Waals surface area contributed by atoms with Crippen molar-refractivity contribution in [1.82, 2.24) is 9.38 Å². The second-order valence-corrected chi connectivity index (χ2v) is 5.91. The van der Waals surface area contributed by atoms with Crippen molar-refractivity contribution in [3.8, 4) is 11.3 Å². The molecule has 3 heterocycles. The molecule has 0 fully saturated rings. The molecule has 1 N–H and O–H groups in total. The number of hydrogen-bond donors (Lipinski definition) is 1. The van der Waals surface area contributed by atoms with Gasteiger partial charge in [0.05, 0.1) is 6.07 Å². The van der Waals surface area contributed by atoms with Crippen molar-refractivity contribution in [2.45, 2.75) is 6.92 Å². The number of pyridine rings is 1. The number of imidazole rings is 1. The van der Waals surface area contributed by atoms with Gasteiger partial charge in [0.2, 0.25) is 0 Å². The van der Waals surface area contributed by atoms with Gasteiger partial charge in [-0.2, -0.15) is 0 Å². The second-order valence-electron chi connectivity index (χ2n) is 5.91. The third kappa shape index (κ3) is 2.93. The summed E-state index contributed by atoms with van der Waals surface area (Å²) in [6.45, 7) is 1.93. The molecule has 0 saturated heterocycles. The highest BCUT2D eigenvalue weighted by Gasteiger charge is 2.21. The van der Waals surface area contributed by atoms with E-state index in [4.69, 9.17) is 4.42 Å². The zero-order valence-electron chi connectivity index (χ0n) is 14.2. The lowest BCUT2D eigenvalue weighted by Crippen LogP contribution is -2.13. The molecule has 0 saturated carbocycles. The maximum Gasteiger partial charge on any atom is 0.433 e. The molecular weight excluding hydrogens is 348 g/mol. The highest BCUT2D eigenvalue weighted by molar-refractivity contribution is 6.04. The third-order valence-electron chi connectivity index (χ3n) is 4.12.